The Labute approximate surface area is 197 Å². The van der Waals surface area contributed by atoms with Crippen LogP contribution in [-0.4, -0.2) is 22.9 Å². The van der Waals surface area contributed by atoms with Gasteiger partial charge in [0.05, 0.1) is 6.10 Å². The minimum Gasteiger partial charge on any atom is -0.396 e. The molecule has 182 valence electrons. The smallest absolute Gasteiger partial charge is 0.0594 e. The highest BCUT2D eigenvalue weighted by molar-refractivity contribution is 5.33. The molecule has 32 heavy (non-hydrogen) atoms. The van der Waals surface area contributed by atoms with Crippen LogP contribution in [0.3, 0.4) is 0 Å². The molecule has 4 fully saturated rings. The van der Waals surface area contributed by atoms with Crippen LogP contribution in [0, 0.1) is 50.2 Å². The lowest BCUT2D eigenvalue weighted by Crippen LogP contribution is -2.64. The van der Waals surface area contributed by atoms with Gasteiger partial charge in [-0.15, -0.1) is 0 Å². The predicted molar refractivity (Wildman–Crippen MR) is 132 cm³/mol. The van der Waals surface area contributed by atoms with E-state index in [1.807, 2.05) is 0 Å². The van der Waals surface area contributed by atoms with Gasteiger partial charge in [-0.3, -0.25) is 0 Å². The first kappa shape index (κ1) is 23.4. The Morgan fingerprint density at radius 3 is 2.22 bits per heavy atom. The van der Waals surface area contributed by atoms with E-state index in [1.165, 1.54) is 57.8 Å². The first-order valence-electron chi connectivity index (χ1n) is 13.8. The normalized spacial score (nSPS) is 53.8. The van der Waals surface area contributed by atoms with E-state index in [0.717, 1.165) is 6.42 Å². The van der Waals surface area contributed by atoms with Gasteiger partial charge in [0, 0.05) is 12.0 Å². The summed E-state index contributed by atoms with van der Waals surface area (Å²) >= 11 is 0. The highest BCUT2D eigenvalue weighted by atomic mass is 16.3. The van der Waals surface area contributed by atoms with E-state index in [2.05, 4.69) is 54.5 Å². The first-order valence-corrected chi connectivity index (χ1v) is 13.8. The van der Waals surface area contributed by atoms with Crippen LogP contribution < -0.4 is 0 Å². The van der Waals surface area contributed by atoms with E-state index >= 15 is 0 Å². The molecule has 0 aromatic carbocycles. The molecule has 0 bridgehead atoms. The molecule has 0 aromatic heterocycles. The Kier molecular flexibility index (Phi) is 5.02. The molecular weight excluding hydrogens is 392 g/mol. The summed E-state index contributed by atoms with van der Waals surface area (Å²) in [6.45, 7) is 17.8. The van der Waals surface area contributed by atoms with Gasteiger partial charge in [0.25, 0.3) is 0 Å². The molecule has 2 heteroatoms. The van der Waals surface area contributed by atoms with Crippen LogP contribution in [0.15, 0.2) is 11.6 Å². The first-order chi connectivity index (χ1) is 14.8. The van der Waals surface area contributed by atoms with Crippen LogP contribution in [0.2, 0.25) is 0 Å². The van der Waals surface area contributed by atoms with Crippen molar-refractivity contribution in [3.05, 3.63) is 11.6 Å². The minimum atomic E-state index is -0.153. The average Bonchev–Trinajstić information content (AvgIpc) is 2.71. The lowest BCUT2D eigenvalue weighted by Gasteiger charge is -2.71. The predicted octanol–water partition coefficient (Wildman–Crippen LogP) is 7.14. The molecule has 5 aliphatic rings. The summed E-state index contributed by atoms with van der Waals surface area (Å²) < 4.78 is 0. The van der Waals surface area contributed by atoms with Gasteiger partial charge in [-0.05, 0) is 109 Å². The Balaban J connectivity index is 1.58. The van der Waals surface area contributed by atoms with Crippen LogP contribution in [0.5, 0.6) is 0 Å². The van der Waals surface area contributed by atoms with E-state index in [9.17, 15) is 10.2 Å². The van der Waals surface area contributed by atoms with E-state index < -0.39 is 0 Å². The van der Waals surface area contributed by atoms with Gasteiger partial charge < -0.3 is 10.2 Å². The number of aliphatic hydroxyl groups is 2. The third-order valence-corrected chi connectivity index (χ3v) is 13.1. The third-order valence-electron chi connectivity index (χ3n) is 13.1. The maximum Gasteiger partial charge on any atom is 0.0594 e. The highest BCUT2D eigenvalue weighted by Gasteiger charge is 2.68. The Morgan fingerprint density at radius 1 is 0.844 bits per heavy atom. The summed E-state index contributed by atoms with van der Waals surface area (Å²) in [6.07, 6.45) is 14.6. The SMILES string of the molecule is CC1(C)CC[C@]2(CO)CC[C@]3(C)C(=CC[C@@H]4[C@@]5(C)CCC(O)C(C)(C)[C@@H]5CC[C@]43C)[C@@H]2C1. The Bertz CT molecular complexity index is 810. The van der Waals surface area contributed by atoms with E-state index in [-0.39, 0.29) is 22.3 Å². The second-order valence-electron chi connectivity index (χ2n) is 15.1. The van der Waals surface area contributed by atoms with Gasteiger partial charge in [0.15, 0.2) is 0 Å². The summed E-state index contributed by atoms with van der Waals surface area (Å²) in [5.74, 6) is 1.87. The second-order valence-corrected chi connectivity index (χ2v) is 15.1. The van der Waals surface area contributed by atoms with Crippen molar-refractivity contribution in [1.29, 1.82) is 0 Å². The minimum absolute atomic E-state index is 0.0191. The van der Waals surface area contributed by atoms with Crippen LogP contribution in [-0.2, 0) is 0 Å². The third kappa shape index (κ3) is 2.78. The van der Waals surface area contributed by atoms with Gasteiger partial charge in [-0.25, -0.2) is 0 Å². The number of fused-ring (bicyclic) bond motifs is 7. The molecule has 5 aliphatic carbocycles. The molecule has 2 nitrogen and oxygen atoms in total. The molecule has 8 atom stereocenters. The molecule has 1 unspecified atom stereocenters. The van der Waals surface area contributed by atoms with Crippen molar-refractivity contribution in [2.75, 3.05) is 6.61 Å². The van der Waals surface area contributed by atoms with Crippen molar-refractivity contribution in [2.24, 2.45) is 50.2 Å². The van der Waals surface area contributed by atoms with E-state index in [0.29, 0.717) is 40.6 Å². The molecular formula is C30H50O2. The van der Waals surface area contributed by atoms with Crippen LogP contribution in [0.25, 0.3) is 0 Å². The maximum atomic E-state index is 10.9. The lowest BCUT2D eigenvalue weighted by atomic mass is 9.33. The number of allylic oxidation sites excluding steroid dienone is 2. The van der Waals surface area contributed by atoms with E-state index in [1.54, 1.807) is 5.57 Å². The monoisotopic (exact) mass is 442 g/mol. The van der Waals surface area contributed by atoms with Gasteiger partial charge in [-0.2, -0.15) is 0 Å². The fraction of sp³-hybridized carbons (Fsp3) is 0.933. The maximum absolute atomic E-state index is 10.9. The van der Waals surface area contributed by atoms with Gasteiger partial charge >= 0.3 is 0 Å². The summed E-state index contributed by atoms with van der Waals surface area (Å²) in [4.78, 5) is 0. The largest absolute Gasteiger partial charge is 0.396 e. The molecule has 0 radical (unpaired) electrons. The summed E-state index contributed by atoms with van der Waals surface area (Å²) in [7, 11) is 0. The molecule has 0 spiro atoms. The quantitative estimate of drug-likeness (QED) is 0.424. The van der Waals surface area contributed by atoms with Crippen molar-refractivity contribution in [3.8, 4) is 0 Å². The molecule has 4 saturated carbocycles. The second kappa shape index (κ2) is 6.87. The summed E-state index contributed by atoms with van der Waals surface area (Å²) in [6, 6.07) is 0. The van der Waals surface area contributed by atoms with Gasteiger partial charge in [-0.1, -0.05) is 60.1 Å². The highest BCUT2D eigenvalue weighted by Crippen LogP contribution is 2.75. The fourth-order valence-corrected chi connectivity index (χ4v) is 10.6. The van der Waals surface area contributed by atoms with Crippen LogP contribution in [0.1, 0.15) is 113 Å². The standard InChI is InChI=1S/C30H50O2/c1-25(2)14-16-30(19-31)17-15-28(6)20(21(30)18-25)8-9-23-27(5)12-11-24(32)26(3,4)22(27)10-13-29(23,28)7/h8,21-24,31-32H,9-19H2,1-7H3/t21-,22-,23+,24?,27-,28+,29+,30+/m0/s1. The van der Waals surface area contributed by atoms with Crippen molar-refractivity contribution < 1.29 is 10.2 Å². The van der Waals surface area contributed by atoms with Crippen LogP contribution >= 0.6 is 0 Å². The van der Waals surface area contributed by atoms with Gasteiger partial charge in [0.1, 0.15) is 0 Å². The Morgan fingerprint density at radius 2 is 1.53 bits per heavy atom. The molecule has 0 saturated heterocycles. The average molecular weight is 443 g/mol. The molecule has 0 heterocycles. The zero-order valence-corrected chi connectivity index (χ0v) is 22.1. The molecule has 5 rings (SSSR count). The number of aliphatic hydroxyl groups excluding tert-OH is 2. The fourth-order valence-electron chi connectivity index (χ4n) is 10.6. The zero-order valence-electron chi connectivity index (χ0n) is 22.1. The van der Waals surface area contributed by atoms with Gasteiger partial charge in [0.2, 0.25) is 0 Å². The summed E-state index contributed by atoms with van der Waals surface area (Å²) in [5, 5.41) is 21.5. The van der Waals surface area contributed by atoms with Crippen molar-refractivity contribution >= 4 is 0 Å². The van der Waals surface area contributed by atoms with E-state index in [4.69, 9.17) is 0 Å². The topological polar surface area (TPSA) is 40.5 Å². The summed E-state index contributed by atoms with van der Waals surface area (Å²) in [5.41, 5.74) is 3.16. The lowest BCUT2D eigenvalue weighted by molar-refractivity contribution is -0.204. The number of hydrogen-bond acceptors (Lipinski definition) is 2. The Hall–Kier alpha value is -0.340. The molecule has 0 amide bonds. The van der Waals surface area contributed by atoms with Crippen LogP contribution in [0.4, 0.5) is 0 Å². The van der Waals surface area contributed by atoms with Crippen molar-refractivity contribution in [1.82, 2.24) is 0 Å². The number of rotatable bonds is 1. The van der Waals surface area contributed by atoms with Crippen molar-refractivity contribution in [2.45, 2.75) is 119 Å². The molecule has 2 N–H and O–H groups in total. The molecule has 0 aliphatic heterocycles. The van der Waals surface area contributed by atoms with Crippen molar-refractivity contribution in [3.63, 3.8) is 0 Å². The zero-order chi connectivity index (χ0) is 23.4. The molecule has 0 aromatic rings. The number of hydrogen-bond donors (Lipinski definition) is 2.